The maximum atomic E-state index is 12.6. The van der Waals surface area contributed by atoms with E-state index in [4.69, 9.17) is 9.47 Å². The normalized spacial score (nSPS) is 23.5. The van der Waals surface area contributed by atoms with Crippen molar-refractivity contribution >= 4 is 5.91 Å². The van der Waals surface area contributed by atoms with E-state index in [-0.39, 0.29) is 5.92 Å². The summed E-state index contributed by atoms with van der Waals surface area (Å²) >= 11 is 0. The van der Waals surface area contributed by atoms with Gasteiger partial charge in [-0.15, -0.1) is 0 Å². The van der Waals surface area contributed by atoms with Gasteiger partial charge in [0.2, 0.25) is 12.7 Å². The van der Waals surface area contributed by atoms with E-state index in [1.807, 2.05) is 6.07 Å². The monoisotopic (exact) mass is 328 g/mol. The summed E-state index contributed by atoms with van der Waals surface area (Å²) < 4.78 is 10.8. The third-order valence-electron chi connectivity index (χ3n) is 5.15. The van der Waals surface area contributed by atoms with E-state index < -0.39 is 0 Å². The molecule has 1 fully saturated rings. The van der Waals surface area contributed by atoms with Crippen LogP contribution in [0.25, 0.3) is 0 Å². The Hall–Kier alpha value is -2.01. The molecule has 1 aliphatic carbocycles. The zero-order valence-electron chi connectivity index (χ0n) is 13.9. The number of nitrogens with zero attached hydrogens (tertiary/aromatic N) is 2. The molecule has 128 valence electrons. The molecule has 0 spiro atoms. The Morgan fingerprint density at radius 2 is 1.92 bits per heavy atom. The summed E-state index contributed by atoms with van der Waals surface area (Å²) in [7, 11) is 0. The molecule has 0 aromatic heterocycles. The van der Waals surface area contributed by atoms with Gasteiger partial charge in [0.05, 0.1) is 0 Å². The summed E-state index contributed by atoms with van der Waals surface area (Å²) in [6.07, 6.45) is 7.30. The van der Waals surface area contributed by atoms with Crippen LogP contribution in [0.5, 0.6) is 11.5 Å². The second kappa shape index (κ2) is 6.85. The van der Waals surface area contributed by atoms with Crippen LogP contribution in [0.2, 0.25) is 0 Å². The molecule has 3 aliphatic rings. The number of hydrogen-bond acceptors (Lipinski definition) is 4. The highest BCUT2D eigenvalue weighted by molar-refractivity contribution is 5.79. The van der Waals surface area contributed by atoms with E-state index in [9.17, 15) is 4.79 Å². The van der Waals surface area contributed by atoms with Crippen LogP contribution in [-0.4, -0.2) is 48.7 Å². The molecule has 0 saturated carbocycles. The van der Waals surface area contributed by atoms with Crippen LogP contribution in [0.3, 0.4) is 0 Å². The molecular weight excluding hydrogens is 304 g/mol. The Labute approximate surface area is 142 Å². The topological polar surface area (TPSA) is 42.0 Å². The van der Waals surface area contributed by atoms with Crippen molar-refractivity contribution in [1.82, 2.24) is 9.80 Å². The van der Waals surface area contributed by atoms with Crippen LogP contribution in [0.1, 0.15) is 24.8 Å². The van der Waals surface area contributed by atoms with Gasteiger partial charge in [0.15, 0.2) is 11.5 Å². The van der Waals surface area contributed by atoms with Gasteiger partial charge in [0, 0.05) is 38.6 Å². The van der Waals surface area contributed by atoms with Crippen molar-refractivity contribution in [1.29, 1.82) is 0 Å². The Bertz CT molecular complexity index is 635. The van der Waals surface area contributed by atoms with E-state index in [0.717, 1.165) is 63.5 Å². The smallest absolute Gasteiger partial charge is 0.231 e. The van der Waals surface area contributed by atoms with E-state index in [2.05, 4.69) is 34.1 Å². The van der Waals surface area contributed by atoms with Crippen molar-refractivity contribution in [2.24, 2.45) is 5.92 Å². The van der Waals surface area contributed by atoms with Crippen LogP contribution in [-0.2, 0) is 11.3 Å². The average molecular weight is 328 g/mol. The highest BCUT2D eigenvalue weighted by atomic mass is 16.7. The number of allylic oxidation sites excluding steroid dienone is 2. The van der Waals surface area contributed by atoms with Crippen molar-refractivity contribution in [2.75, 3.05) is 33.0 Å². The van der Waals surface area contributed by atoms with Gasteiger partial charge in [-0.25, -0.2) is 0 Å². The molecule has 24 heavy (non-hydrogen) atoms. The van der Waals surface area contributed by atoms with Crippen molar-refractivity contribution in [3.05, 3.63) is 35.9 Å². The summed E-state index contributed by atoms with van der Waals surface area (Å²) in [4.78, 5) is 17.0. The van der Waals surface area contributed by atoms with Gasteiger partial charge < -0.3 is 14.4 Å². The van der Waals surface area contributed by atoms with Gasteiger partial charge in [-0.3, -0.25) is 9.69 Å². The lowest BCUT2D eigenvalue weighted by Gasteiger charge is -2.36. The van der Waals surface area contributed by atoms with E-state index in [1.54, 1.807) is 0 Å². The molecule has 1 amide bonds. The molecule has 0 N–H and O–H groups in total. The predicted octanol–water partition coefficient (Wildman–Crippen LogP) is 2.42. The fraction of sp³-hybridized carbons (Fsp3) is 0.526. The van der Waals surface area contributed by atoms with E-state index >= 15 is 0 Å². The molecule has 1 aromatic rings. The number of rotatable bonds is 3. The molecule has 2 aliphatic heterocycles. The van der Waals surface area contributed by atoms with Crippen molar-refractivity contribution in [3.8, 4) is 11.5 Å². The van der Waals surface area contributed by atoms with Gasteiger partial charge in [0.1, 0.15) is 0 Å². The molecule has 2 heterocycles. The molecule has 1 aromatic carbocycles. The van der Waals surface area contributed by atoms with Gasteiger partial charge in [-0.05, 0) is 37.0 Å². The summed E-state index contributed by atoms with van der Waals surface area (Å²) in [5.74, 6) is 2.22. The lowest BCUT2D eigenvalue weighted by Crippen LogP contribution is -2.50. The van der Waals surface area contributed by atoms with Crippen LogP contribution in [0, 0.1) is 5.92 Å². The molecule has 4 rings (SSSR count). The summed E-state index contributed by atoms with van der Waals surface area (Å²) in [6.45, 7) is 4.75. The quantitative estimate of drug-likeness (QED) is 0.799. The Morgan fingerprint density at radius 3 is 2.71 bits per heavy atom. The lowest BCUT2D eigenvalue weighted by molar-refractivity contribution is -0.137. The molecule has 0 radical (unpaired) electrons. The molecule has 5 heteroatoms. The van der Waals surface area contributed by atoms with Crippen molar-refractivity contribution < 1.29 is 14.3 Å². The third kappa shape index (κ3) is 3.26. The second-order valence-corrected chi connectivity index (χ2v) is 6.77. The number of benzene rings is 1. The zero-order valence-corrected chi connectivity index (χ0v) is 13.9. The Morgan fingerprint density at radius 1 is 1.08 bits per heavy atom. The fourth-order valence-corrected chi connectivity index (χ4v) is 3.70. The minimum absolute atomic E-state index is 0.204. The molecule has 1 unspecified atom stereocenters. The highest BCUT2D eigenvalue weighted by Gasteiger charge is 2.27. The summed E-state index contributed by atoms with van der Waals surface area (Å²) in [5.41, 5.74) is 1.23. The zero-order chi connectivity index (χ0) is 16.4. The Balaban J connectivity index is 1.30. The fourth-order valence-electron chi connectivity index (χ4n) is 3.70. The van der Waals surface area contributed by atoms with Gasteiger partial charge in [-0.1, -0.05) is 18.2 Å². The number of hydrogen-bond donors (Lipinski definition) is 0. The number of piperazine rings is 1. The third-order valence-corrected chi connectivity index (χ3v) is 5.15. The maximum Gasteiger partial charge on any atom is 0.231 e. The molecular formula is C19H24N2O3. The van der Waals surface area contributed by atoms with Gasteiger partial charge in [0.25, 0.3) is 0 Å². The molecule has 5 nitrogen and oxygen atoms in total. The number of carbonyl (C=O) groups is 1. The van der Waals surface area contributed by atoms with E-state index in [0.29, 0.717) is 12.7 Å². The van der Waals surface area contributed by atoms with Crippen molar-refractivity contribution in [2.45, 2.75) is 25.8 Å². The number of ether oxygens (including phenoxy) is 2. The first kappa shape index (κ1) is 15.5. The van der Waals surface area contributed by atoms with Crippen LogP contribution >= 0.6 is 0 Å². The number of carbonyl (C=O) groups excluding carboxylic acids is 1. The van der Waals surface area contributed by atoms with E-state index in [1.165, 1.54) is 5.56 Å². The van der Waals surface area contributed by atoms with Crippen LogP contribution in [0.15, 0.2) is 30.4 Å². The number of fused-ring (bicyclic) bond motifs is 1. The van der Waals surface area contributed by atoms with Gasteiger partial charge >= 0.3 is 0 Å². The first-order valence-corrected chi connectivity index (χ1v) is 8.84. The maximum absolute atomic E-state index is 12.6. The first-order valence-electron chi connectivity index (χ1n) is 8.84. The largest absolute Gasteiger partial charge is 0.454 e. The van der Waals surface area contributed by atoms with Crippen molar-refractivity contribution in [3.63, 3.8) is 0 Å². The second-order valence-electron chi connectivity index (χ2n) is 6.77. The molecule has 1 atom stereocenters. The minimum atomic E-state index is 0.204. The highest BCUT2D eigenvalue weighted by Crippen LogP contribution is 2.33. The Kier molecular flexibility index (Phi) is 4.43. The number of amides is 1. The van der Waals surface area contributed by atoms with Crippen LogP contribution in [0.4, 0.5) is 0 Å². The van der Waals surface area contributed by atoms with Crippen LogP contribution < -0.4 is 9.47 Å². The van der Waals surface area contributed by atoms with Gasteiger partial charge in [-0.2, -0.15) is 0 Å². The first-order chi connectivity index (χ1) is 11.8. The average Bonchev–Trinajstić information content (AvgIpc) is 3.10. The molecule has 0 bridgehead atoms. The minimum Gasteiger partial charge on any atom is -0.454 e. The SMILES string of the molecule is O=C(C1CC=CCC1)N1CCN(Cc2ccc3c(c2)OCO3)CC1. The summed E-state index contributed by atoms with van der Waals surface area (Å²) in [5, 5.41) is 0. The standard InChI is InChI=1S/C19H24N2O3/c22-19(16-4-2-1-3-5-16)21-10-8-20(9-11-21)13-15-6-7-17-18(12-15)24-14-23-17/h1-2,6-7,12,16H,3-5,8-11,13-14H2. The predicted molar refractivity (Wildman–Crippen MR) is 90.9 cm³/mol. The summed E-state index contributed by atoms with van der Waals surface area (Å²) in [6, 6.07) is 6.14. The lowest BCUT2D eigenvalue weighted by atomic mass is 9.93. The molecule has 1 saturated heterocycles.